The van der Waals surface area contributed by atoms with Crippen LogP contribution in [0.15, 0.2) is 12.1 Å². The van der Waals surface area contributed by atoms with Gasteiger partial charge >= 0.3 is 0 Å². The van der Waals surface area contributed by atoms with Crippen molar-refractivity contribution in [2.75, 3.05) is 5.73 Å². The van der Waals surface area contributed by atoms with Crippen LogP contribution in [0.25, 0.3) is 0 Å². The monoisotopic (exact) mass is 139 g/mol. The van der Waals surface area contributed by atoms with Crippen molar-refractivity contribution in [2.45, 2.75) is 6.92 Å². The lowest BCUT2D eigenvalue weighted by Crippen LogP contribution is -1.85. The summed E-state index contributed by atoms with van der Waals surface area (Å²) in [6.45, 7) is 1.67. The summed E-state index contributed by atoms with van der Waals surface area (Å²) in [5.41, 5.74) is 6.39. The van der Waals surface area contributed by atoms with Gasteiger partial charge in [0.15, 0.2) is 11.5 Å². The molecule has 10 heavy (non-hydrogen) atoms. The van der Waals surface area contributed by atoms with Crippen LogP contribution in [-0.4, -0.2) is 10.2 Å². The van der Waals surface area contributed by atoms with E-state index in [2.05, 4.69) is 0 Å². The molecule has 0 saturated heterocycles. The fourth-order valence-corrected chi connectivity index (χ4v) is 0.788. The van der Waals surface area contributed by atoms with E-state index in [0.29, 0.717) is 11.3 Å². The lowest BCUT2D eigenvalue weighted by atomic mass is 10.2. The lowest BCUT2D eigenvalue weighted by molar-refractivity contribution is 0.401. The number of nitrogen functional groups attached to an aromatic ring is 1. The summed E-state index contributed by atoms with van der Waals surface area (Å²) in [5, 5.41) is 18.0. The SMILES string of the molecule is Cc1cc(N)cc(O)c1O. The van der Waals surface area contributed by atoms with Crippen molar-refractivity contribution in [3.63, 3.8) is 0 Å². The van der Waals surface area contributed by atoms with E-state index in [0.717, 1.165) is 0 Å². The minimum atomic E-state index is -0.169. The maximum Gasteiger partial charge on any atom is 0.160 e. The molecule has 0 aliphatic heterocycles. The van der Waals surface area contributed by atoms with Crippen LogP contribution < -0.4 is 5.73 Å². The molecule has 0 aliphatic rings. The van der Waals surface area contributed by atoms with Crippen molar-refractivity contribution >= 4 is 5.69 Å². The molecule has 1 rings (SSSR count). The average molecular weight is 139 g/mol. The van der Waals surface area contributed by atoms with Crippen LogP contribution in [0.5, 0.6) is 11.5 Å². The molecule has 0 amide bonds. The maximum absolute atomic E-state index is 9.03. The third kappa shape index (κ3) is 0.978. The van der Waals surface area contributed by atoms with Crippen LogP contribution in [0.2, 0.25) is 0 Å². The predicted molar refractivity (Wildman–Crippen MR) is 38.9 cm³/mol. The Balaban J connectivity index is 3.31. The van der Waals surface area contributed by atoms with Crippen LogP contribution in [0.1, 0.15) is 5.56 Å². The van der Waals surface area contributed by atoms with E-state index in [9.17, 15) is 0 Å². The van der Waals surface area contributed by atoms with Gasteiger partial charge in [-0.25, -0.2) is 0 Å². The standard InChI is InChI=1S/C7H9NO2/c1-4-2-5(8)3-6(9)7(4)10/h2-3,9-10H,8H2,1H3. The number of hydrogen-bond donors (Lipinski definition) is 3. The largest absolute Gasteiger partial charge is 0.504 e. The minimum absolute atomic E-state index is 0.103. The molecular weight excluding hydrogens is 130 g/mol. The highest BCUT2D eigenvalue weighted by Gasteiger charge is 2.02. The van der Waals surface area contributed by atoms with Gasteiger partial charge in [-0.2, -0.15) is 0 Å². The number of nitrogens with two attached hydrogens (primary N) is 1. The molecule has 54 valence electrons. The molecule has 0 spiro atoms. The van der Waals surface area contributed by atoms with E-state index in [4.69, 9.17) is 15.9 Å². The molecule has 0 unspecified atom stereocenters. The van der Waals surface area contributed by atoms with E-state index in [-0.39, 0.29) is 11.5 Å². The molecule has 1 aromatic carbocycles. The fraction of sp³-hybridized carbons (Fsp3) is 0.143. The molecule has 3 nitrogen and oxygen atoms in total. The van der Waals surface area contributed by atoms with Gasteiger partial charge in [-0.15, -0.1) is 0 Å². The molecule has 0 atom stereocenters. The lowest BCUT2D eigenvalue weighted by Gasteiger charge is -2.01. The van der Waals surface area contributed by atoms with Gasteiger partial charge in [-0.1, -0.05) is 0 Å². The number of anilines is 1. The van der Waals surface area contributed by atoms with E-state index in [1.165, 1.54) is 6.07 Å². The third-order valence-corrected chi connectivity index (χ3v) is 1.30. The Labute approximate surface area is 58.7 Å². The Morgan fingerprint density at radius 2 is 1.90 bits per heavy atom. The fourth-order valence-electron chi connectivity index (χ4n) is 0.788. The van der Waals surface area contributed by atoms with Crippen molar-refractivity contribution in [1.29, 1.82) is 0 Å². The second-order valence-corrected chi connectivity index (χ2v) is 2.21. The zero-order chi connectivity index (χ0) is 7.72. The number of benzene rings is 1. The summed E-state index contributed by atoms with van der Waals surface area (Å²) in [6.07, 6.45) is 0. The Morgan fingerprint density at radius 1 is 1.30 bits per heavy atom. The minimum Gasteiger partial charge on any atom is -0.504 e. The third-order valence-electron chi connectivity index (χ3n) is 1.30. The predicted octanol–water partition coefficient (Wildman–Crippen LogP) is 0.988. The van der Waals surface area contributed by atoms with E-state index < -0.39 is 0 Å². The second-order valence-electron chi connectivity index (χ2n) is 2.21. The van der Waals surface area contributed by atoms with Gasteiger partial charge in [-0.3, -0.25) is 0 Å². The van der Waals surface area contributed by atoms with Gasteiger partial charge in [-0.05, 0) is 18.6 Å². The van der Waals surface area contributed by atoms with Crippen molar-refractivity contribution in [3.05, 3.63) is 17.7 Å². The van der Waals surface area contributed by atoms with Crippen molar-refractivity contribution < 1.29 is 10.2 Å². The van der Waals surface area contributed by atoms with E-state index >= 15 is 0 Å². The number of phenols is 2. The molecule has 0 fully saturated rings. The number of aromatic hydroxyl groups is 2. The normalized spacial score (nSPS) is 9.70. The first-order valence-electron chi connectivity index (χ1n) is 2.89. The van der Waals surface area contributed by atoms with Gasteiger partial charge < -0.3 is 15.9 Å². The van der Waals surface area contributed by atoms with Crippen LogP contribution >= 0.6 is 0 Å². The quantitative estimate of drug-likeness (QED) is 0.285. The summed E-state index contributed by atoms with van der Waals surface area (Å²) in [5.74, 6) is -0.272. The molecule has 0 bridgehead atoms. The van der Waals surface area contributed by atoms with Gasteiger partial charge in [0, 0.05) is 11.8 Å². The first-order valence-corrected chi connectivity index (χ1v) is 2.89. The highest BCUT2D eigenvalue weighted by Crippen LogP contribution is 2.30. The number of rotatable bonds is 0. The van der Waals surface area contributed by atoms with Gasteiger partial charge in [0.25, 0.3) is 0 Å². The summed E-state index contributed by atoms with van der Waals surface area (Å²) in [6, 6.07) is 2.90. The molecule has 1 aromatic rings. The Bertz CT molecular complexity index is 235. The summed E-state index contributed by atoms with van der Waals surface area (Å²) < 4.78 is 0. The Kier molecular flexibility index (Phi) is 1.41. The molecule has 0 radical (unpaired) electrons. The van der Waals surface area contributed by atoms with Crippen molar-refractivity contribution in [1.82, 2.24) is 0 Å². The molecule has 0 aliphatic carbocycles. The molecular formula is C7H9NO2. The van der Waals surface area contributed by atoms with Crippen LogP contribution in [-0.2, 0) is 0 Å². The second kappa shape index (κ2) is 2.10. The van der Waals surface area contributed by atoms with Crippen molar-refractivity contribution in [2.24, 2.45) is 0 Å². The number of hydrogen-bond acceptors (Lipinski definition) is 3. The molecule has 3 heteroatoms. The highest BCUT2D eigenvalue weighted by atomic mass is 16.3. The van der Waals surface area contributed by atoms with Gasteiger partial charge in [0.1, 0.15) is 0 Å². The van der Waals surface area contributed by atoms with E-state index in [1.807, 2.05) is 0 Å². The van der Waals surface area contributed by atoms with Crippen LogP contribution in [0.4, 0.5) is 5.69 Å². The molecule has 0 saturated carbocycles. The summed E-state index contributed by atoms with van der Waals surface area (Å²) in [4.78, 5) is 0. The van der Waals surface area contributed by atoms with Crippen molar-refractivity contribution in [3.8, 4) is 11.5 Å². The van der Waals surface area contributed by atoms with Crippen LogP contribution in [0, 0.1) is 6.92 Å². The summed E-state index contributed by atoms with van der Waals surface area (Å²) in [7, 11) is 0. The first kappa shape index (κ1) is 6.74. The smallest absolute Gasteiger partial charge is 0.160 e. The first-order chi connectivity index (χ1) is 4.61. The molecule has 0 heterocycles. The van der Waals surface area contributed by atoms with Gasteiger partial charge in [0.05, 0.1) is 0 Å². The zero-order valence-electron chi connectivity index (χ0n) is 5.63. The highest BCUT2D eigenvalue weighted by molar-refractivity contribution is 5.55. The number of aryl methyl sites for hydroxylation is 1. The molecule has 0 aromatic heterocycles. The Hall–Kier alpha value is -1.38. The number of phenolic OH excluding ortho intramolecular Hbond substituents is 2. The van der Waals surface area contributed by atoms with Crippen LogP contribution in [0.3, 0.4) is 0 Å². The van der Waals surface area contributed by atoms with E-state index in [1.54, 1.807) is 13.0 Å². The topological polar surface area (TPSA) is 66.5 Å². The Morgan fingerprint density at radius 3 is 2.40 bits per heavy atom. The summed E-state index contributed by atoms with van der Waals surface area (Å²) >= 11 is 0. The van der Waals surface area contributed by atoms with Gasteiger partial charge in [0.2, 0.25) is 0 Å². The average Bonchev–Trinajstić information content (AvgIpc) is 1.82. The molecule has 4 N–H and O–H groups in total. The maximum atomic E-state index is 9.03. The zero-order valence-corrected chi connectivity index (χ0v) is 5.63.